The van der Waals surface area contributed by atoms with Gasteiger partial charge in [-0.2, -0.15) is 0 Å². The molecule has 1 aliphatic heterocycles. The van der Waals surface area contributed by atoms with Crippen LogP contribution in [0, 0.1) is 5.92 Å². The van der Waals surface area contributed by atoms with Crippen LogP contribution in [0.3, 0.4) is 0 Å². The van der Waals surface area contributed by atoms with Crippen molar-refractivity contribution in [2.24, 2.45) is 5.92 Å². The topological polar surface area (TPSA) is 63.2 Å². The molecule has 1 heterocycles. The highest BCUT2D eigenvalue weighted by Gasteiger charge is 2.36. The van der Waals surface area contributed by atoms with Crippen molar-refractivity contribution in [3.63, 3.8) is 0 Å². The Kier molecular flexibility index (Phi) is 8.28. The molecule has 0 bridgehead atoms. The maximum atomic E-state index is 11.9. The first kappa shape index (κ1) is 21.4. The fourth-order valence-corrected chi connectivity index (χ4v) is 3.02. The number of methoxy groups -OCH3 is 2. The first-order chi connectivity index (χ1) is 13.0. The Labute approximate surface area is 161 Å². The van der Waals surface area contributed by atoms with Gasteiger partial charge in [0, 0.05) is 25.0 Å². The number of ether oxygens (including phenoxy) is 5. The van der Waals surface area contributed by atoms with Crippen LogP contribution in [0.15, 0.2) is 35.9 Å². The van der Waals surface area contributed by atoms with Gasteiger partial charge in [-0.05, 0) is 37.6 Å². The maximum absolute atomic E-state index is 11.9. The summed E-state index contributed by atoms with van der Waals surface area (Å²) >= 11 is 0. The normalized spacial score (nSPS) is 25.9. The van der Waals surface area contributed by atoms with Crippen molar-refractivity contribution in [1.82, 2.24) is 0 Å². The van der Waals surface area contributed by atoms with E-state index >= 15 is 0 Å². The molecule has 0 aliphatic carbocycles. The molecule has 1 saturated heterocycles. The molecule has 4 atom stereocenters. The van der Waals surface area contributed by atoms with E-state index in [1.807, 2.05) is 24.3 Å². The molecule has 1 aromatic carbocycles. The first-order valence-electron chi connectivity index (χ1n) is 9.26. The van der Waals surface area contributed by atoms with Crippen LogP contribution in [0.1, 0.15) is 32.8 Å². The van der Waals surface area contributed by atoms with Gasteiger partial charge in [-0.15, -0.1) is 0 Å². The van der Waals surface area contributed by atoms with Crippen LogP contribution in [0.25, 0.3) is 0 Å². The van der Waals surface area contributed by atoms with E-state index in [0.717, 1.165) is 11.3 Å². The Morgan fingerprint density at radius 1 is 1.26 bits per heavy atom. The average molecular weight is 378 g/mol. The van der Waals surface area contributed by atoms with Crippen molar-refractivity contribution in [3.05, 3.63) is 41.5 Å². The lowest BCUT2D eigenvalue weighted by Gasteiger charge is -2.38. The predicted molar refractivity (Wildman–Crippen MR) is 101 cm³/mol. The minimum absolute atomic E-state index is 0.0537. The number of benzene rings is 1. The van der Waals surface area contributed by atoms with Gasteiger partial charge in [0.05, 0.1) is 32.5 Å². The number of hydrogen-bond donors (Lipinski definition) is 0. The van der Waals surface area contributed by atoms with Gasteiger partial charge in [-0.3, -0.25) is 0 Å². The van der Waals surface area contributed by atoms with E-state index in [2.05, 4.69) is 6.92 Å². The fourth-order valence-electron chi connectivity index (χ4n) is 3.02. The summed E-state index contributed by atoms with van der Waals surface area (Å²) in [6.07, 6.45) is 1.73. The number of carbonyl (C=O) groups is 1. The molecular formula is C21H30O6. The highest BCUT2D eigenvalue weighted by atomic mass is 16.7. The molecule has 0 radical (unpaired) electrons. The molecule has 27 heavy (non-hydrogen) atoms. The minimum atomic E-state index is -0.377. The first-order valence-corrected chi connectivity index (χ1v) is 9.26. The lowest BCUT2D eigenvalue weighted by Crippen LogP contribution is -2.44. The van der Waals surface area contributed by atoms with Crippen LogP contribution in [0.2, 0.25) is 0 Å². The van der Waals surface area contributed by atoms with Crippen molar-refractivity contribution in [1.29, 1.82) is 0 Å². The van der Waals surface area contributed by atoms with E-state index in [1.54, 1.807) is 34.1 Å². The summed E-state index contributed by atoms with van der Waals surface area (Å²) in [6, 6.07) is 7.80. The highest BCUT2D eigenvalue weighted by Crippen LogP contribution is 2.30. The highest BCUT2D eigenvalue weighted by molar-refractivity contribution is 5.87. The van der Waals surface area contributed by atoms with E-state index < -0.39 is 0 Å². The Morgan fingerprint density at radius 3 is 2.56 bits per heavy atom. The average Bonchev–Trinajstić information content (AvgIpc) is 2.69. The standard InChI is InChI=1S/C21H30O6/c1-6-25-21(22)14(2)11-19-15(3)18(12-20(24-5)27-19)26-13-16-7-9-17(23-4)10-8-16/h7-11,15,18-20H,6,12-13H2,1-5H3/b14-11-/t15-,18+,19-,20-/m0/s1. The van der Waals surface area contributed by atoms with Crippen molar-refractivity contribution < 1.29 is 28.5 Å². The zero-order valence-electron chi connectivity index (χ0n) is 16.8. The number of carbonyl (C=O) groups excluding carboxylic acids is 1. The predicted octanol–water partition coefficient (Wildman–Crippen LogP) is 3.49. The molecule has 0 saturated carbocycles. The summed E-state index contributed by atoms with van der Waals surface area (Å²) in [5.41, 5.74) is 1.60. The van der Waals surface area contributed by atoms with E-state index in [9.17, 15) is 4.79 Å². The third kappa shape index (κ3) is 6.06. The largest absolute Gasteiger partial charge is 0.497 e. The second kappa shape index (κ2) is 10.4. The summed E-state index contributed by atoms with van der Waals surface area (Å²) in [5.74, 6) is 0.555. The quantitative estimate of drug-likeness (QED) is 0.510. The fraction of sp³-hybridized carbons (Fsp3) is 0.571. The number of hydrogen-bond acceptors (Lipinski definition) is 6. The minimum Gasteiger partial charge on any atom is -0.497 e. The second-order valence-electron chi connectivity index (χ2n) is 6.63. The number of rotatable bonds is 8. The van der Waals surface area contributed by atoms with Gasteiger partial charge in [-0.1, -0.05) is 19.1 Å². The van der Waals surface area contributed by atoms with Gasteiger partial charge in [0.25, 0.3) is 0 Å². The van der Waals surface area contributed by atoms with Crippen LogP contribution in [-0.4, -0.2) is 45.3 Å². The Morgan fingerprint density at radius 2 is 1.96 bits per heavy atom. The van der Waals surface area contributed by atoms with E-state index in [0.29, 0.717) is 25.2 Å². The molecule has 0 N–H and O–H groups in total. The molecule has 1 aliphatic rings. The van der Waals surface area contributed by atoms with Crippen molar-refractivity contribution in [2.75, 3.05) is 20.8 Å². The molecular weight excluding hydrogens is 348 g/mol. The molecule has 150 valence electrons. The molecule has 0 spiro atoms. The summed E-state index contributed by atoms with van der Waals surface area (Å²) < 4.78 is 27.8. The van der Waals surface area contributed by atoms with Gasteiger partial charge in [0.2, 0.25) is 0 Å². The lowest BCUT2D eigenvalue weighted by molar-refractivity contribution is -0.221. The van der Waals surface area contributed by atoms with Gasteiger partial charge in [0.1, 0.15) is 5.75 Å². The molecule has 1 aromatic rings. The molecule has 6 nitrogen and oxygen atoms in total. The maximum Gasteiger partial charge on any atom is 0.333 e. The molecule has 0 amide bonds. The SMILES string of the molecule is CCOC(=O)/C(C)=C\[C@@H]1O[C@H](OC)C[C@@H](OCc2ccc(OC)cc2)[C@@H]1C. The molecule has 1 fully saturated rings. The van der Waals surface area contributed by atoms with E-state index in [-0.39, 0.29) is 30.4 Å². The third-order valence-corrected chi connectivity index (χ3v) is 4.74. The number of esters is 1. The van der Waals surface area contributed by atoms with Gasteiger partial charge < -0.3 is 23.7 Å². The van der Waals surface area contributed by atoms with Crippen molar-refractivity contribution in [3.8, 4) is 5.75 Å². The van der Waals surface area contributed by atoms with Crippen LogP contribution in [-0.2, 0) is 30.3 Å². The zero-order chi connectivity index (χ0) is 19.8. The molecule has 2 rings (SSSR count). The van der Waals surface area contributed by atoms with Gasteiger partial charge in [-0.25, -0.2) is 4.79 Å². The summed E-state index contributed by atoms with van der Waals surface area (Å²) in [7, 11) is 3.26. The Bertz CT molecular complexity index is 624. The summed E-state index contributed by atoms with van der Waals surface area (Å²) in [4.78, 5) is 11.9. The Hall–Kier alpha value is -1.89. The van der Waals surface area contributed by atoms with Gasteiger partial charge in [0.15, 0.2) is 6.29 Å². The van der Waals surface area contributed by atoms with Crippen LogP contribution < -0.4 is 4.74 Å². The second-order valence-corrected chi connectivity index (χ2v) is 6.63. The Balaban J connectivity index is 2.04. The zero-order valence-corrected chi connectivity index (χ0v) is 16.8. The van der Waals surface area contributed by atoms with Crippen molar-refractivity contribution in [2.45, 2.75) is 52.3 Å². The monoisotopic (exact) mass is 378 g/mol. The molecule has 0 unspecified atom stereocenters. The van der Waals surface area contributed by atoms with E-state index in [1.165, 1.54) is 0 Å². The van der Waals surface area contributed by atoms with Gasteiger partial charge >= 0.3 is 5.97 Å². The van der Waals surface area contributed by atoms with E-state index in [4.69, 9.17) is 23.7 Å². The summed E-state index contributed by atoms with van der Waals surface area (Å²) in [6.45, 7) is 6.42. The molecule has 0 aromatic heterocycles. The van der Waals surface area contributed by atoms with Crippen LogP contribution in [0.4, 0.5) is 0 Å². The smallest absolute Gasteiger partial charge is 0.333 e. The lowest BCUT2D eigenvalue weighted by atomic mass is 9.91. The summed E-state index contributed by atoms with van der Waals surface area (Å²) in [5, 5.41) is 0. The van der Waals surface area contributed by atoms with Crippen LogP contribution >= 0.6 is 0 Å². The molecule has 6 heteroatoms. The third-order valence-electron chi connectivity index (χ3n) is 4.74. The van der Waals surface area contributed by atoms with Crippen molar-refractivity contribution >= 4 is 5.97 Å². The van der Waals surface area contributed by atoms with Crippen LogP contribution in [0.5, 0.6) is 5.75 Å².